The van der Waals surface area contributed by atoms with Crippen molar-refractivity contribution in [3.8, 4) is 22.9 Å². The molecule has 0 bridgehead atoms. The van der Waals surface area contributed by atoms with Gasteiger partial charge in [-0.15, -0.1) is 0 Å². The number of rotatable bonds is 9. The summed E-state index contributed by atoms with van der Waals surface area (Å²) in [5.41, 5.74) is 2.72. The van der Waals surface area contributed by atoms with Crippen LogP contribution in [0, 0.1) is 24.2 Å². The third-order valence-corrected chi connectivity index (χ3v) is 9.64. The second-order valence-electron chi connectivity index (χ2n) is 12.3. The third-order valence-electron chi connectivity index (χ3n) is 8.77. The van der Waals surface area contributed by atoms with Crippen molar-refractivity contribution in [2.75, 3.05) is 20.1 Å². The Hall–Kier alpha value is -3.77. The molecule has 0 amide bonds. The van der Waals surface area contributed by atoms with Crippen molar-refractivity contribution in [2.45, 2.75) is 68.4 Å². The molecule has 2 aliphatic rings. The molecule has 0 aromatic heterocycles. The summed E-state index contributed by atoms with van der Waals surface area (Å²) in [5, 5.41) is 10.5. The predicted octanol–water partition coefficient (Wildman–Crippen LogP) is 8.94. The number of hydrogen-bond donors (Lipinski definition) is 1. The van der Waals surface area contributed by atoms with Crippen LogP contribution in [0.2, 0.25) is 0 Å². The Kier molecular flexibility index (Phi) is 11.5. The lowest BCUT2D eigenvalue weighted by atomic mass is 9.98. The number of piperidine rings is 1. The van der Waals surface area contributed by atoms with E-state index < -0.39 is 12.0 Å². The summed E-state index contributed by atoms with van der Waals surface area (Å²) in [6.45, 7) is 4.19. The van der Waals surface area contributed by atoms with Crippen molar-refractivity contribution in [1.82, 2.24) is 9.62 Å². The van der Waals surface area contributed by atoms with Gasteiger partial charge in [-0.25, -0.2) is 4.72 Å². The summed E-state index contributed by atoms with van der Waals surface area (Å²) in [5.74, 6) is -2.18. The quantitative estimate of drug-likeness (QED) is 0.145. The molecule has 2 fully saturated rings. The maximum Gasteiger partial charge on any atom is 0.295 e. The van der Waals surface area contributed by atoms with Gasteiger partial charge < -0.3 is 14.4 Å². The van der Waals surface area contributed by atoms with Crippen molar-refractivity contribution in [3.05, 3.63) is 96.1 Å². The monoisotopic (exact) mass is 641 g/mol. The standard InChI is InChI=1S/C31H29F2NO2S.C7H12N2/c1-21-6-8-22(9-7-21)23-10-14-26(15-11-23)31(32,33)30(20-35)34-37-29-17-13-24-18-28(16-12-25(24)19-29)36-27-4-2-3-5-27;1-9-4-2-7(6-8)3-5-9/h6-20,27,30,34H,2-5H2,1H3;7H,2-5H2,1H3. The molecular formula is C38H41F2N3O2S. The second kappa shape index (κ2) is 15.7. The van der Waals surface area contributed by atoms with E-state index in [0.717, 1.165) is 88.8 Å². The van der Waals surface area contributed by atoms with Crippen molar-refractivity contribution < 1.29 is 18.3 Å². The van der Waals surface area contributed by atoms with Crippen LogP contribution < -0.4 is 9.46 Å². The zero-order valence-electron chi connectivity index (χ0n) is 26.4. The lowest BCUT2D eigenvalue weighted by Crippen LogP contribution is -2.41. The third kappa shape index (κ3) is 8.73. The normalized spacial score (nSPS) is 16.8. The Morgan fingerprint density at radius 1 is 0.913 bits per heavy atom. The van der Waals surface area contributed by atoms with Gasteiger partial charge in [-0.05, 0) is 124 Å². The molecule has 4 aromatic rings. The Morgan fingerprint density at radius 2 is 1.52 bits per heavy atom. The van der Waals surface area contributed by atoms with Crippen LogP contribution in [0.4, 0.5) is 8.78 Å². The van der Waals surface area contributed by atoms with Gasteiger partial charge in [-0.2, -0.15) is 14.0 Å². The van der Waals surface area contributed by atoms with E-state index in [4.69, 9.17) is 10.00 Å². The molecule has 1 atom stereocenters. The number of nitriles is 1. The molecule has 1 saturated carbocycles. The van der Waals surface area contributed by atoms with E-state index in [1.165, 1.54) is 25.0 Å². The lowest BCUT2D eigenvalue weighted by Gasteiger charge is -2.24. The number of fused-ring (bicyclic) bond motifs is 1. The first kappa shape index (κ1) is 33.6. The number of carbonyl (C=O) groups excluding carboxylic acids is 1. The Morgan fingerprint density at radius 3 is 2.15 bits per heavy atom. The number of carbonyl (C=O) groups is 1. The first-order valence-electron chi connectivity index (χ1n) is 16.0. The smallest absolute Gasteiger partial charge is 0.295 e. The largest absolute Gasteiger partial charge is 0.490 e. The van der Waals surface area contributed by atoms with Gasteiger partial charge in [0.1, 0.15) is 18.1 Å². The molecule has 1 heterocycles. The van der Waals surface area contributed by atoms with Gasteiger partial charge in [0.05, 0.1) is 12.2 Å². The molecule has 4 aromatic carbocycles. The van der Waals surface area contributed by atoms with E-state index >= 15 is 8.78 Å². The number of halogens is 2. The zero-order valence-corrected chi connectivity index (χ0v) is 27.2. The molecule has 1 saturated heterocycles. The van der Waals surface area contributed by atoms with E-state index in [-0.39, 0.29) is 18.0 Å². The van der Waals surface area contributed by atoms with Crippen LogP contribution in [0.3, 0.4) is 0 Å². The Bertz CT molecular complexity index is 1630. The fraction of sp³-hybridized carbons (Fsp3) is 0.368. The summed E-state index contributed by atoms with van der Waals surface area (Å²) >= 11 is 1.03. The minimum atomic E-state index is -3.37. The van der Waals surface area contributed by atoms with E-state index in [1.807, 2.05) is 67.6 Å². The van der Waals surface area contributed by atoms with Gasteiger partial charge in [-0.1, -0.05) is 66.2 Å². The van der Waals surface area contributed by atoms with Crippen molar-refractivity contribution in [3.63, 3.8) is 0 Å². The fourth-order valence-electron chi connectivity index (χ4n) is 5.80. The molecular weight excluding hydrogens is 601 g/mol. The van der Waals surface area contributed by atoms with E-state index in [0.29, 0.717) is 5.92 Å². The summed E-state index contributed by atoms with van der Waals surface area (Å²) in [4.78, 5) is 14.7. The lowest BCUT2D eigenvalue weighted by molar-refractivity contribution is -0.119. The molecule has 1 unspecified atom stereocenters. The van der Waals surface area contributed by atoms with Crippen LogP contribution in [-0.2, 0) is 10.7 Å². The molecule has 46 heavy (non-hydrogen) atoms. The molecule has 0 radical (unpaired) electrons. The van der Waals surface area contributed by atoms with Gasteiger partial charge in [0.2, 0.25) is 0 Å². The Balaban J connectivity index is 0.000000400. The number of nitrogens with one attached hydrogen (secondary N) is 1. The fourth-order valence-corrected chi connectivity index (χ4v) is 6.59. The molecule has 0 spiro atoms. The average molecular weight is 642 g/mol. The van der Waals surface area contributed by atoms with E-state index in [9.17, 15) is 4.79 Å². The van der Waals surface area contributed by atoms with Gasteiger partial charge in [-0.3, -0.25) is 0 Å². The topological polar surface area (TPSA) is 65.4 Å². The van der Waals surface area contributed by atoms with Crippen molar-refractivity contribution in [1.29, 1.82) is 5.26 Å². The number of aryl methyl sites for hydroxylation is 1. The number of ether oxygens (including phenoxy) is 1. The molecule has 1 aliphatic carbocycles. The van der Waals surface area contributed by atoms with E-state index in [2.05, 4.69) is 22.7 Å². The summed E-state index contributed by atoms with van der Waals surface area (Å²) in [7, 11) is 2.10. The average Bonchev–Trinajstić information content (AvgIpc) is 3.59. The van der Waals surface area contributed by atoms with Crippen LogP contribution in [-0.4, -0.2) is 43.5 Å². The number of hydrogen-bond acceptors (Lipinski definition) is 6. The molecule has 240 valence electrons. The summed E-state index contributed by atoms with van der Waals surface area (Å²) in [6, 6.07) is 26.3. The van der Waals surface area contributed by atoms with Gasteiger partial charge in [0.25, 0.3) is 5.92 Å². The maximum absolute atomic E-state index is 15.3. The van der Waals surface area contributed by atoms with E-state index in [1.54, 1.807) is 12.1 Å². The molecule has 6 rings (SSSR count). The molecule has 1 N–H and O–H groups in total. The highest BCUT2D eigenvalue weighted by atomic mass is 32.2. The first-order chi connectivity index (χ1) is 22.2. The zero-order chi connectivity index (χ0) is 32.5. The van der Waals surface area contributed by atoms with Crippen molar-refractivity contribution in [2.24, 2.45) is 5.92 Å². The highest BCUT2D eigenvalue weighted by Crippen LogP contribution is 2.35. The number of aldehydes is 1. The minimum absolute atomic E-state index is 0.207. The van der Waals surface area contributed by atoms with Gasteiger partial charge in [0.15, 0.2) is 0 Å². The summed E-state index contributed by atoms with van der Waals surface area (Å²) < 4.78 is 39.3. The molecule has 1 aliphatic heterocycles. The highest BCUT2D eigenvalue weighted by molar-refractivity contribution is 7.97. The van der Waals surface area contributed by atoms with Crippen LogP contribution in [0.5, 0.6) is 5.75 Å². The molecule has 5 nitrogen and oxygen atoms in total. The van der Waals surface area contributed by atoms with Crippen LogP contribution in [0.25, 0.3) is 21.9 Å². The number of alkyl halides is 2. The Labute approximate surface area is 275 Å². The number of nitrogens with zero attached hydrogens (tertiary/aromatic N) is 2. The summed E-state index contributed by atoms with van der Waals surface area (Å²) in [6.07, 6.45) is 7.31. The number of likely N-dealkylation sites (tertiary alicyclic amines) is 1. The maximum atomic E-state index is 15.3. The highest BCUT2D eigenvalue weighted by Gasteiger charge is 2.41. The van der Waals surface area contributed by atoms with Gasteiger partial charge >= 0.3 is 0 Å². The number of benzene rings is 4. The predicted molar refractivity (Wildman–Crippen MR) is 182 cm³/mol. The minimum Gasteiger partial charge on any atom is -0.490 e. The van der Waals surface area contributed by atoms with Crippen LogP contribution >= 0.6 is 11.9 Å². The molecule has 8 heteroatoms. The van der Waals surface area contributed by atoms with Crippen LogP contribution in [0.1, 0.15) is 49.7 Å². The van der Waals surface area contributed by atoms with Crippen LogP contribution in [0.15, 0.2) is 89.8 Å². The second-order valence-corrected chi connectivity index (χ2v) is 13.2. The SMILES string of the molecule is CN1CCC(C#N)CC1.Cc1ccc(-c2ccc(C(F)(F)C(C=O)NSc3ccc4cc(OC5CCCC5)ccc4c3)cc2)cc1. The van der Waals surface area contributed by atoms with Crippen molar-refractivity contribution >= 4 is 29.0 Å². The first-order valence-corrected chi connectivity index (χ1v) is 16.8. The van der Waals surface area contributed by atoms with Gasteiger partial charge in [0, 0.05) is 16.4 Å².